The maximum atomic E-state index is 14.9. The Morgan fingerprint density at radius 2 is 2.05 bits per heavy atom. The van der Waals surface area contributed by atoms with Gasteiger partial charge in [0, 0.05) is 12.7 Å². The summed E-state index contributed by atoms with van der Waals surface area (Å²) in [6, 6.07) is 4.77. The molecule has 0 radical (unpaired) electrons. The highest BCUT2D eigenvalue weighted by Crippen LogP contribution is 2.47. The van der Waals surface area contributed by atoms with Gasteiger partial charge in [-0.3, -0.25) is 5.32 Å². The summed E-state index contributed by atoms with van der Waals surface area (Å²) >= 11 is 0. The number of carboxylic acid groups (broad SMARTS) is 1. The predicted molar refractivity (Wildman–Crippen MR) is 71.4 cm³/mol. The Bertz CT molecular complexity index is 700. The molecule has 2 aromatic rings. The van der Waals surface area contributed by atoms with Crippen LogP contribution in [0.25, 0.3) is 0 Å². The van der Waals surface area contributed by atoms with Crippen LogP contribution >= 0.6 is 0 Å². The number of hydrogen-bond donors (Lipinski definition) is 2. The fourth-order valence-corrected chi connectivity index (χ4v) is 1.97. The van der Waals surface area contributed by atoms with Gasteiger partial charge < -0.3 is 9.67 Å². The minimum Gasteiger partial charge on any atom is -0.465 e. The molecule has 1 heterocycles. The zero-order valence-corrected chi connectivity index (χ0v) is 11.7. The van der Waals surface area contributed by atoms with Crippen molar-refractivity contribution in [3.63, 3.8) is 0 Å². The largest absolute Gasteiger partial charge is 0.465 e. The van der Waals surface area contributed by atoms with Gasteiger partial charge >= 0.3 is 12.0 Å². The van der Waals surface area contributed by atoms with E-state index in [-0.39, 0.29) is 11.3 Å². The number of anilines is 1. The highest BCUT2D eigenvalue weighted by molar-refractivity contribution is 5.82. The van der Waals surface area contributed by atoms with Gasteiger partial charge in [0.1, 0.15) is 6.33 Å². The Morgan fingerprint density at radius 1 is 1.36 bits per heavy atom. The number of rotatable bonds is 4. The fraction of sp³-hybridized carbons (Fsp3) is 0.308. The first-order valence-electron chi connectivity index (χ1n) is 6.18. The van der Waals surface area contributed by atoms with Crippen LogP contribution in [0.1, 0.15) is 18.3 Å². The monoisotopic (exact) mass is 314 g/mol. The molecule has 1 atom stereocenters. The van der Waals surface area contributed by atoms with Crippen molar-refractivity contribution in [2.45, 2.75) is 18.5 Å². The number of alkyl halides is 3. The van der Waals surface area contributed by atoms with Crippen LogP contribution in [-0.2, 0) is 18.6 Å². The highest BCUT2D eigenvalue weighted by atomic mass is 19.3. The summed E-state index contributed by atoms with van der Waals surface area (Å²) < 4.78 is 44.7. The Labute approximate surface area is 123 Å². The van der Waals surface area contributed by atoms with Crippen LogP contribution in [-0.4, -0.2) is 26.0 Å². The molecule has 0 aliphatic rings. The smallest absolute Gasteiger partial charge is 0.409 e. The molecule has 2 rings (SSSR count). The van der Waals surface area contributed by atoms with Crippen LogP contribution in [0.4, 0.5) is 23.7 Å². The molecule has 2 N–H and O–H groups in total. The molecular formula is C13H13F3N4O2. The fourth-order valence-electron chi connectivity index (χ4n) is 1.97. The zero-order valence-electron chi connectivity index (χ0n) is 11.7. The number of aryl methyl sites for hydroxylation is 1. The van der Waals surface area contributed by atoms with Gasteiger partial charge in [0.15, 0.2) is 0 Å². The van der Waals surface area contributed by atoms with E-state index < -0.39 is 23.5 Å². The number of nitrogens with zero attached hydrogens (tertiary/aromatic N) is 3. The van der Waals surface area contributed by atoms with Crippen LogP contribution in [0, 0.1) is 0 Å². The van der Waals surface area contributed by atoms with Gasteiger partial charge in [0.05, 0.1) is 0 Å². The van der Waals surface area contributed by atoms with Gasteiger partial charge in [0.25, 0.3) is 0 Å². The van der Waals surface area contributed by atoms with E-state index in [1.165, 1.54) is 19.2 Å². The van der Waals surface area contributed by atoms with Gasteiger partial charge in [0.2, 0.25) is 11.5 Å². The first-order chi connectivity index (χ1) is 10.2. The van der Waals surface area contributed by atoms with Gasteiger partial charge in [-0.25, -0.2) is 9.18 Å². The summed E-state index contributed by atoms with van der Waals surface area (Å²) in [4.78, 5) is 10.6. The molecule has 6 nitrogen and oxygen atoms in total. The second kappa shape index (κ2) is 5.32. The summed E-state index contributed by atoms with van der Waals surface area (Å²) in [5.41, 5.74) is -3.50. The lowest BCUT2D eigenvalue weighted by molar-refractivity contribution is -0.149. The van der Waals surface area contributed by atoms with Gasteiger partial charge in [-0.15, -0.1) is 10.2 Å². The molecule has 0 spiro atoms. The lowest BCUT2D eigenvalue weighted by Gasteiger charge is -2.29. The Kier molecular flexibility index (Phi) is 3.82. The summed E-state index contributed by atoms with van der Waals surface area (Å²) in [7, 11) is 1.28. The van der Waals surface area contributed by atoms with Crippen LogP contribution < -0.4 is 5.32 Å². The number of nitrogens with one attached hydrogen (secondary N) is 1. The second-order valence-electron chi connectivity index (χ2n) is 4.85. The third kappa shape index (κ3) is 2.61. The molecule has 1 aromatic heterocycles. The predicted octanol–water partition coefficient (Wildman–Crippen LogP) is 2.88. The first-order valence-corrected chi connectivity index (χ1v) is 6.18. The van der Waals surface area contributed by atoms with Gasteiger partial charge in [-0.2, -0.15) is 8.78 Å². The van der Waals surface area contributed by atoms with E-state index in [0.29, 0.717) is 6.92 Å². The summed E-state index contributed by atoms with van der Waals surface area (Å²) in [5.74, 6) is -4.78. The Hall–Kier alpha value is -2.58. The number of amides is 1. The van der Waals surface area contributed by atoms with Crippen molar-refractivity contribution in [2.75, 3.05) is 5.32 Å². The molecule has 0 saturated heterocycles. The topological polar surface area (TPSA) is 80.0 Å². The number of halogens is 3. The first kappa shape index (κ1) is 15.8. The van der Waals surface area contributed by atoms with Crippen molar-refractivity contribution in [3.8, 4) is 0 Å². The summed E-state index contributed by atoms with van der Waals surface area (Å²) in [6.45, 7) is 0.710. The van der Waals surface area contributed by atoms with E-state index in [1.807, 2.05) is 5.32 Å². The highest BCUT2D eigenvalue weighted by Gasteiger charge is 2.56. The quantitative estimate of drug-likeness (QED) is 0.909. The molecule has 1 unspecified atom stereocenters. The lowest BCUT2D eigenvalue weighted by Crippen LogP contribution is -2.39. The van der Waals surface area contributed by atoms with Crippen LogP contribution in [0.2, 0.25) is 0 Å². The number of carbonyl (C=O) groups is 1. The molecule has 118 valence electrons. The number of benzene rings is 1. The van der Waals surface area contributed by atoms with E-state index >= 15 is 0 Å². The van der Waals surface area contributed by atoms with E-state index in [9.17, 15) is 18.0 Å². The van der Waals surface area contributed by atoms with E-state index in [0.717, 1.165) is 23.0 Å². The minimum atomic E-state index is -3.96. The average Bonchev–Trinajstić information content (AvgIpc) is 2.85. The third-order valence-corrected chi connectivity index (χ3v) is 3.24. The molecule has 0 aliphatic heterocycles. The number of aromatic nitrogens is 3. The van der Waals surface area contributed by atoms with E-state index in [2.05, 4.69) is 10.2 Å². The van der Waals surface area contributed by atoms with Gasteiger partial charge in [-0.05, 0) is 24.6 Å². The second-order valence-corrected chi connectivity index (χ2v) is 4.85. The molecule has 1 aromatic carbocycles. The maximum Gasteiger partial charge on any atom is 0.409 e. The average molecular weight is 314 g/mol. The molecule has 0 saturated carbocycles. The third-order valence-electron chi connectivity index (χ3n) is 3.24. The molecule has 1 amide bonds. The van der Waals surface area contributed by atoms with E-state index in [1.54, 1.807) is 0 Å². The molecule has 22 heavy (non-hydrogen) atoms. The van der Waals surface area contributed by atoms with Crippen molar-refractivity contribution in [1.82, 2.24) is 14.8 Å². The zero-order chi connectivity index (χ0) is 16.5. The summed E-state index contributed by atoms with van der Waals surface area (Å²) in [6.07, 6.45) is -0.334. The number of hydrogen-bond acceptors (Lipinski definition) is 3. The molecular weight excluding hydrogens is 301 g/mol. The Balaban J connectivity index is 2.45. The molecule has 0 aliphatic carbocycles. The minimum absolute atomic E-state index is 0.0114. The lowest BCUT2D eigenvalue weighted by atomic mass is 9.90. The van der Waals surface area contributed by atoms with Gasteiger partial charge in [-0.1, -0.05) is 12.1 Å². The SMILES string of the molecule is Cn1cnnc1C(F)(F)C(C)(F)c1cccc(NC(=O)O)c1. The van der Waals surface area contributed by atoms with Crippen molar-refractivity contribution in [3.05, 3.63) is 42.0 Å². The normalized spacial score (nSPS) is 14.4. The maximum absolute atomic E-state index is 14.9. The van der Waals surface area contributed by atoms with Crippen molar-refractivity contribution in [2.24, 2.45) is 7.05 Å². The van der Waals surface area contributed by atoms with Crippen molar-refractivity contribution >= 4 is 11.8 Å². The van der Waals surface area contributed by atoms with Crippen LogP contribution in [0.3, 0.4) is 0 Å². The molecule has 9 heteroatoms. The summed E-state index contributed by atoms with van der Waals surface area (Å²) in [5, 5.41) is 17.2. The van der Waals surface area contributed by atoms with Crippen LogP contribution in [0.15, 0.2) is 30.6 Å². The van der Waals surface area contributed by atoms with E-state index in [4.69, 9.17) is 5.11 Å². The van der Waals surface area contributed by atoms with Crippen molar-refractivity contribution < 1.29 is 23.1 Å². The molecule has 0 fully saturated rings. The molecule has 0 bridgehead atoms. The van der Waals surface area contributed by atoms with Crippen molar-refractivity contribution in [1.29, 1.82) is 0 Å². The Morgan fingerprint density at radius 3 is 2.59 bits per heavy atom. The van der Waals surface area contributed by atoms with Crippen LogP contribution in [0.5, 0.6) is 0 Å². The standard InChI is InChI=1S/C13H13F3N4O2/c1-12(14,13(15,16)10-19-17-7-20(10)2)8-4-3-5-9(6-8)18-11(21)22/h3-7,18H,1-2H3,(H,21,22).